The standard InChI is InChI=1S/C24H33N3O4S/c28-22(25-8-10-32(30,31)27-9-6-20-3-1-2-4-21(20)27)5-7-26-23(29)24-14-17-11-18(15-24)13-19(12-17)16-24/h1-4,17-19H,5-16H2,(H,25,28)(H,26,29). The zero-order chi connectivity index (χ0) is 22.3. The molecule has 1 aromatic carbocycles. The van der Waals surface area contributed by atoms with Crippen molar-refractivity contribution in [3.05, 3.63) is 29.8 Å². The average molecular weight is 460 g/mol. The van der Waals surface area contributed by atoms with Gasteiger partial charge in [-0.1, -0.05) is 18.2 Å². The molecule has 174 valence electrons. The van der Waals surface area contributed by atoms with Crippen molar-refractivity contribution in [3.8, 4) is 0 Å². The Morgan fingerprint density at radius 1 is 0.969 bits per heavy atom. The van der Waals surface area contributed by atoms with Gasteiger partial charge in [-0.3, -0.25) is 13.9 Å². The number of hydrogen-bond donors (Lipinski definition) is 2. The fourth-order valence-electron chi connectivity index (χ4n) is 6.98. The monoisotopic (exact) mass is 459 g/mol. The molecular formula is C24H33N3O4S. The first-order valence-corrected chi connectivity index (χ1v) is 13.6. The van der Waals surface area contributed by atoms with Gasteiger partial charge in [0.1, 0.15) is 0 Å². The predicted molar refractivity (Wildman–Crippen MR) is 123 cm³/mol. The van der Waals surface area contributed by atoms with Gasteiger partial charge >= 0.3 is 0 Å². The summed E-state index contributed by atoms with van der Waals surface area (Å²) in [5, 5.41) is 5.71. The van der Waals surface area contributed by atoms with E-state index in [4.69, 9.17) is 0 Å². The van der Waals surface area contributed by atoms with E-state index in [0.717, 1.165) is 30.5 Å². The summed E-state index contributed by atoms with van der Waals surface area (Å²) in [6.07, 6.45) is 7.79. The van der Waals surface area contributed by atoms with Crippen LogP contribution in [0.15, 0.2) is 24.3 Å². The molecule has 0 spiro atoms. The molecule has 1 aromatic rings. The zero-order valence-corrected chi connectivity index (χ0v) is 19.3. The SMILES string of the molecule is O=C(CCNC(=O)C12CC3CC(CC(C3)C1)C2)NCCS(=O)(=O)N1CCc2ccccc21. The molecule has 0 unspecified atom stereocenters. The Bertz CT molecular complexity index is 971. The van der Waals surface area contributed by atoms with Crippen LogP contribution in [-0.4, -0.2) is 45.6 Å². The molecule has 1 aliphatic heterocycles. The van der Waals surface area contributed by atoms with Crippen LogP contribution in [0.3, 0.4) is 0 Å². The lowest BCUT2D eigenvalue weighted by molar-refractivity contribution is -0.146. The molecule has 0 aromatic heterocycles. The van der Waals surface area contributed by atoms with Crippen LogP contribution in [0, 0.1) is 23.2 Å². The first kappa shape index (κ1) is 21.7. The van der Waals surface area contributed by atoms with Gasteiger partial charge < -0.3 is 10.6 Å². The second kappa shape index (κ2) is 8.36. The van der Waals surface area contributed by atoms with Crippen LogP contribution in [0.5, 0.6) is 0 Å². The molecule has 0 atom stereocenters. The molecule has 2 N–H and O–H groups in total. The Kier molecular flexibility index (Phi) is 5.68. The maximum atomic E-state index is 12.9. The lowest BCUT2D eigenvalue weighted by Gasteiger charge is -2.55. The molecule has 4 bridgehead atoms. The van der Waals surface area contributed by atoms with Crippen LogP contribution >= 0.6 is 0 Å². The van der Waals surface area contributed by atoms with Gasteiger partial charge in [0.2, 0.25) is 21.8 Å². The minimum Gasteiger partial charge on any atom is -0.355 e. The number of para-hydroxylation sites is 1. The second-order valence-electron chi connectivity index (χ2n) is 10.3. The van der Waals surface area contributed by atoms with Crippen molar-refractivity contribution in [1.82, 2.24) is 10.6 Å². The normalized spacial score (nSPS) is 30.2. The van der Waals surface area contributed by atoms with Gasteiger partial charge in [-0.2, -0.15) is 0 Å². The molecule has 1 heterocycles. The number of carbonyl (C=O) groups is 2. The summed E-state index contributed by atoms with van der Waals surface area (Å²) in [6, 6.07) is 7.53. The van der Waals surface area contributed by atoms with E-state index in [1.165, 1.54) is 23.6 Å². The van der Waals surface area contributed by atoms with Crippen LogP contribution in [0.2, 0.25) is 0 Å². The van der Waals surface area contributed by atoms with Crippen molar-refractivity contribution in [2.45, 2.75) is 51.4 Å². The highest BCUT2D eigenvalue weighted by molar-refractivity contribution is 7.92. The third-order valence-corrected chi connectivity index (χ3v) is 9.79. The van der Waals surface area contributed by atoms with Crippen LogP contribution < -0.4 is 14.9 Å². The van der Waals surface area contributed by atoms with E-state index in [0.29, 0.717) is 37.3 Å². The van der Waals surface area contributed by atoms with Gasteiger partial charge in [0.05, 0.1) is 11.4 Å². The maximum absolute atomic E-state index is 12.9. The smallest absolute Gasteiger partial charge is 0.236 e. The molecule has 7 nitrogen and oxygen atoms in total. The van der Waals surface area contributed by atoms with E-state index in [-0.39, 0.29) is 35.9 Å². The van der Waals surface area contributed by atoms with Gasteiger partial charge in [0.15, 0.2) is 0 Å². The van der Waals surface area contributed by atoms with Crippen molar-refractivity contribution >= 4 is 27.5 Å². The molecular weight excluding hydrogens is 426 g/mol. The number of rotatable bonds is 8. The fourth-order valence-corrected chi connectivity index (χ4v) is 8.41. The maximum Gasteiger partial charge on any atom is 0.236 e. The Hall–Kier alpha value is -2.09. The topological polar surface area (TPSA) is 95.6 Å². The first-order chi connectivity index (χ1) is 15.3. The molecule has 8 heteroatoms. The minimum absolute atomic E-state index is 0.0722. The number of anilines is 1. The lowest BCUT2D eigenvalue weighted by atomic mass is 9.49. The van der Waals surface area contributed by atoms with Gasteiger partial charge in [-0.05, 0) is 74.3 Å². The van der Waals surface area contributed by atoms with E-state index in [1.807, 2.05) is 24.3 Å². The van der Waals surface area contributed by atoms with Gasteiger partial charge in [-0.15, -0.1) is 0 Å². The molecule has 5 aliphatic rings. The van der Waals surface area contributed by atoms with E-state index >= 15 is 0 Å². The van der Waals surface area contributed by atoms with Gasteiger partial charge in [0.25, 0.3) is 0 Å². The van der Waals surface area contributed by atoms with Crippen molar-refractivity contribution in [2.24, 2.45) is 23.2 Å². The highest BCUT2D eigenvalue weighted by atomic mass is 32.2. The molecule has 2 amide bonds. The zero-order valence-electron chi connectivity index (χ0n) is 18.5. The van der Waals surface area contributed by atoms with Crippen LogP contribution in [0.25, 0.3) is 0 Å². The van der Waals surface area contributed by atoms with E-state index in [1.54, 1.807) is 0 Å². The van der Waals surface area contributed by atoms with E-state index in [9.17, 15) is 18.0 Å². The van der Waals surface area contributed by atoms with Crippen LogP contribution in [-0.2, 0) is 26.0 Å². The molecule has 32 heavy (non-hydrogen) atoms. The molecule has 6 rings (SSSR count). The second-order valence-corrected chi connectivity index (χ2v) is 12.3. The third-order valence-electron chi connectivity index (χ3n) is 8.02. The van der Waals surface area contributed by atoms with Crippen LogP contribution in [0.4, 0.5) is 5.69 Å². The lowest BCUT2D eigenvalue weighted by Crippen LogP contribution is -2.53. The third kappa shape index (κ3) is 4.14. The number of nitrogens with zero attached hydrogens (tertiary/aromatic N) is 1. The predicted octanol–water partition coefficient (Wildman–Crippen LogP) is 2.22. The Labute approximate surface area is 190 Å². The van der Waals surface area contributed by atoms with Crippen molar-refractivity contribution in [2.75, 3.05) is 29.7 Å². The van der Waals surface area contributed by atoms with Crippen molar-refractivity contribution in [3.63, 3.8) is 0 Å². The largest absolute Gasteiger partial charge is 0.355 e. The summed E-state index contributed by atoms with van der Waals surface area (Å²) in [6.45, 7) is 0.827. The highest BCUT2D eigenvalue weighted by Gasteiger charge is 2.54. The molecule has 4 fully saturated rings. The Morgan fingerprint density at radius 2 is 1.62 bits per heavy atom. The molecule has 0 saturated heterocycles. The first-order valence-electron chi connectivity index (χ1n) is 12.0. The quantitative estimate of drug-likeness (QED) is 0.623. The molecule has 4 aliphatic carbocycles. The van der Waals surface area contributed by atoms with Crippen LogP contribution in [0.1, 0.15) is 50.5 Å². The Balaban J connectivity index is 1.05. The van der Waals surface area contributed by atoms with Crippen molar-refractivity contribution in [1.29, 1.82) is 0 Å². The minimum atomic E-state index is -3.48. The number of fused-ring (bicyclic) bond motifs is 1. The van der Waals surface area contributed by atoms with Gasteiger partial charge in [0, 0.05) is 31.5 Å². The van der Waals surface area contributed by atoms with Crippen molar-refractivity contribution < 1.29 is 18.0 Å². The number of hydrogen-bond acceptors (Lipinski definition) is 4. The molecule has 0 radical (unpaired) electrons. The average Bonchev–Trinajstić information content (AvgIpc) is 3.18. The Morgan fingerprint density at radius 3 is 2.31 bits per heavy atom. The summed E-state index contributed by atoms with van der Waals surface area (Å²) < 4.78 is 26.9. The summed E-state index contributed by atoms with van der Waals surface area (Å²) in [7, 11) is -3.48. The summed E-state index contributed by atoms with van der Waals surface area (Å²) in [5.74, 6) is 1.89. The summed E-state index contributed by atoms with van der Waals surface area (Å²) in [5.41, 5.74) is 1.58. The van der Waals surface area contributed by atoms with E-state index in [2.05, 4.69) is 10.6 Å². The highest BCUT2D eigenvalue weighted by Crippen LogP contribution is 2.60. The fraction of sp³-hybridized carbons (Fsp3) is 0.667. The number of sulfonamides is 1. The van der Waals surface area contributed by atoms with E-state index < -0.39 is 10.0 Å². The van der Waals surface area contributed by atoms with Gasteiger partial charge in [-0.25, -0.2) is 8.42 Å². The number of nitrogens with one attached hydrogen (secondary N) is 2. The molecule has 4 saturated carbocycles. The summed E-state index contributed by atoms with van der Waals surface area (Å²) >= 11 is 0. The summed E-state index contributed by atoms with van der Waals surface area (Å²) in [4.78, 5) is 25.2. The number of amides is 2. The number of benzene rings is 1. The number of carbonyl (C=O) groups excluding carboxylic acids is 2.